The molecule has 0 fully saturated rings. The molecule has 0 aliphatic heterocycles. The van der Waals surface area contributed by atoms with Crippen molar-refractivity contribution in [3.8, 4) is 0 Å². The molecule has 1 amide bonds. The zero-order chi connectivity index (χ0) is 11.4. The van der Waals surface area contributed by atoms with E-state index in [4.69, 9.17) is 10.8 Å². The minimum Gasteiger partial charge on any atom is -0.394 e. The molecule has 0 saturated heterocycles. The quantitative estimate of drug-likeness (QED) is 0.727. The molecule has 0 aliphatic rings. The Morgan fingerprint density at radius 1 is 1.67 bits per heavy atom. The van der Waals surface area contributed by atoms with Gasteiger partial charge in [-0.05, 0) is 18.6 Å². The Morgan fingerprint density at radius 3 is 2.80 bits per heavy atom. The van der Waals surface area contributed by atoms with Crippen LogP contribution >= 0.6 is 0 Å². The molecule has 0 bridgehead atoms. The average molecular weight is 210 g/mol. The number of aliphatic hydroxyl groups is 1. The first-order chi connectivity index (χ1) is 7.11. The first kappa shape index (κ1) is 11.5. The number of nitrogens with two attached hydrogens (primary N) is 1. The fourth-order valence-electron chi connectivity index (χ4n) is 1.40. The van der Waals surface area contributed by atoms with E-state index in [-0.39, 0.29) is 18.2 Å². The molecular formula is C10H14N2O3. The third-order valence-electron chi connectivity index (χ3n) is 2.32. The molecule has 1 aromatic heterocycles. The second-order valence-corrected chi connectivity index (χ2v) is 3.24. The summed E-state index contributed by atoms with van der Waals surface area (Å²) in [6.45, 7) is 1.71. The number of pyridine rings is 1. The van der Waals surface area contributed by atoms with Crippen molar-refractivity contribution in [2.24, 2.45) is 5.73 Å². The fourth-order valence-corrected chi connectivity index (χ4v) is 1.40. The van der Waals surface area contributed by atoms with Crippen LogP contribution in [0.15, 0.2) is 23.1 Å². The minimum absolute atomic E-state index is 0.0515. The third-order valence-corrected chi connectivity index (χ3v) is 2.32. The number of aliphatic hydroxyl groups excluding tert-OH is 1. The summed E-state index contributed by atoms with van der Waals surface area (Å²) < 4.78 is 1.33. The van der Waals surface area contributed by atoms with Crippen molar-refractivity contribution in [3.05, 3.63) is 34.2 Å². The van der Waals surface area contributed by atoms with Crippen molar-refractivity contribution in [2.45, 2.75) is 19.4 Å². The average Bonchev–Trinajstić information content (AvgIpc) is 2.21. The summed E-state index contributed by atoms with van der Waals surface area (Å²) in [5.74, 6) is -0.748. The van der Waals surface area contributed by atoms with Crippen molar-refractivity contribution in [1.29, 1.82) is 0 Å². The molecule has 1 aromatic rings. The van der Waals surface area contributed by atoms with E-state index in [0.29, 0.717) is 6.42 Å². The molecule has 0 aromatic carbocycles. The Labute approximate surface area is 87.1 Å². The molecule has 1 rings (SSSR count). The Morgan fingerprint density at radius 2 is 2.33 bits per heavy atom. The highest BCUT2D eigenvalue weighted by molar-refractivity contribution is 5.92. The van der Waals surface area contributed by atoms with E-state index in [1.807, 2.05) is 6.92 Å². The number of hydrogen-bond donors (Lipinski definition) is 2. The lowest BCUT2D eigenvalue weighted by Crippen LogP contribution is -2.32. The standard InChI is InChI=1S/C10H14N2O3/c1-2-7(6-13)12-5-3-4-8(9(11)14)10(12)15/h3-5,7,13H,2,6H2,1H3,(H2,11,14)/t7-/m1/s1. The van der Waals surface area contributed by atoms with Gasteiger partial charge in [0.2, 0.25) is 0 Å². The minimum atomic E-state index is -0.748. The molecule has 0 saturated carbocycles. The zero-order valence-corrected chi connectivity index (χ0v) is 8.51. The highest BCUT2D eigenvalue weighted by Gasteiger charge is 2.13. The maximum absolute atomic E-state index is 11.7. The highest BCUT2D eigenvalue weighted by Crippen LogP contribution is 2.07. The number of primary amides is 1. The molecule has 0 unspecified atom stereocenters. The molecule has 0 spiro atoms. The number of amides is 1. The van der Waals surface area contributed by atoms with Crippen LogP contribution in [0.2, 0.25) is 0 Å². The summed E-state index contributed by atoms with van der Waals surface area (Å²) >= 11 is 0. The Balaban J connectivity index is 3.26. The monoisotopic (exact) mass is 210 g/mol. The van der Waals surface area contributed by atoms with E-state index < -0.39 is 11.5 Å². The first-order valence-corrected chi connectivity index (χ1v) is 4.73. The number of carbonyl (C=O) groups is 1. The largest absolute Gasteiger partial charge is 0.394 e. The van der Waals surface area contributed by atoms with Gasteiger partial charge in [0.25, 0.3) is 11.5 Å². The van der Waals surface area contributed by atoms with Gasteiger partial charge in [-0.3, -0.25) is 9.59 Å². The van der Waals surface area contributed by atoms with Crippen molar-refractivity contribution in [2.75, 3.05) is 6.61 Å². The zero-order valence-electron chi connectivity index (χ0n) is 8.51. The number of nitrogens with zero attached hydrogens (tertiary/aromatic N) is 1. The third kappa shape index (κ3) is 2.24. The summed E-state index contributed by atoms with van der Waals surface area (Å²) in [7, 11) is 0. The molecular weight excluding hydrogens is 196 g/mol. The fraction of sp³-hybridized carbons (Fsp3) is 0.400. The lowest BCUT2D eigenvalue weighted by atomic mass is 10.2. The Kier molecular flexibility index (Phi) is 3.62. The summed E-state index contributed by atoms with van der Waals surface area (Å²) in [5, 5.41) is 9.06. The molecule has 5 nitrogen and oxygen atoms in total. The van der Waals surface area contributed by atoms with E-state index >= 15 is 0 Å². The Bertz CT molecular complexity index is 407. The van der Waals surface area contributed by atoms with Gasteiger partial charge in [0, 0.05) is 6.20 Å². The molecule has 82 valence electrons. The van der Waals surface area contributed by atoms with E-state index in [0.717, 1.165) is 0 Å². The molecule has 3 N–H and O–H groups in total. The number of hydrogen-bond acceptors (Lipinski definition) is 3. The van der Waals surface area contributed by atoms with Crippen LogP contribution in [-0.4, -0.2) is 22.2 Å². The van der Waals surface area contributed by atoms with Crippen molar-refractivity contribution in [3.63, 3.8) is 0 Å². The summed E-state index contributed by atoms with van der Waals surface area (Å²) in [4.78, 5) is 22.6. The van der Waals surface area contributed by atoms with Gasteiger partial charge in [0.15, 0.2) is 0 Å². The van der Waals surface area contributed by atoms with Crippen molar-refractivity contribution in [1.82, 2.24) is 4.57 Å². The Hall–Kier alpha value is -1.62. The molecule has 0 radical (unpaired) electrons. The van der Waals surface area contributed by atoms with Crippen LogP contribution in [-0.2, 0) is 0 Å². The summed E-state index contributed by atoms with van der Waals surface area (Å²) in [5.41, 5.74) is 4.55. The molecule has 1 heterocycles. The van der Waals surface area contributed by atoms with Gasteiger partial charge in [-0.1, -0.05) is 6.92 Å². The predicted octanol–water partition coefficient (Wildman–Crippen LogP) is -0.109. The van der Waals surface area contributed by atoms with Crippen LogP contribution in [0.3, 0.4) is 0 Å². The summed E-state index contributed by atoms with van der Waals surface area (Å²) in [6.07, 6.45) is 2.15. The van der Waals surface area contributed by atoms with Crippen LogP contribution in [0, 0.1) is 0 Å². The second kappa shape index (κ2) is 4.75. The van der Waals surface area contributed by atoms with E-state index in [1.165, 1.54) is 10.6 Å². The SMILES string of the molecule is CC[C@H](CO)n1cccc(C(N)=O)c1=O. The topological polar surface area (TPSA) is 85.3 Å². The molecule has 5 heteroatoms. The van der Waals surface area contributed by atoms with Crippen LogP contribution in [0.5, 0.6) is 0 Å². The predicted molar refractivity (Wildman–Crippen MR) is 55.6 cm³/mol. The van der Waals surface area contributed by atoms with E-state index in [9.17, 15) is 9.59 Å². The normalized spacial score (nSPS) is 12.4. The number of rotatable bonds is 4. The van der Waals surface area contributed by atoms with Gasteiger partial charge in [-0.25, -0.2) is 0 Å². The van der Waals surface area contributed by atoms with Gasteiger partial charge in [0.05, 0.1) is 12.6 Å². The maximum Gasteiger partial charge on any atom is 0.263 e. The lowest BCUT2D eigenvalue weighted by Gasteiger charge is -2.15. The maximum atomic E-state index is 11.7. The van der Waals surface area contributed by atoms with Gasteiger partial charge >= 0.3 is 0 Å². The van der Waals surface area contributed by atoms with Crippen LogP contribution in [0.1, 0.15) is 29.7 Å². The summed E-state index contributed by atoms with van der Waals surface area (Å²) in [6, 6.07) is 2.64. The van der Waals surface area contributed by atoms with Crippen molar-refractivity contribution >= 4 is 5.91 Å². The van der Waals surface area contributed by atoms with Crippen LogP contribution < -0.4 is 11.3 Å². The highest BCUT2D eigenvalue weighted by atomic mass is 16.3. The number of aromatic nitrogens is 1. The van der Waals surface area contributed by atoms with E-state index in [1.54, 1.807) is 12.3 Å². The van der Waals surface area contributed by atoms with Gasteiger partial charge < -0.3 is 15.4 Å². The number of carbonyl (C=O) groups excluding carboxylic acids is 1. The molecule has 1 atom stereocenters. The van der Waals surface area contributed by atoms with Gasteiger partial charge in [0.1, 0.15) is 5.56 Å². The van der Waals surface area contributed by atoms with Crippen LogP contribution in [0.25, 0.3) is 0 Å². The van der Waals surface area contributed by atoms with Crippen molar-refractivity contribution < 1.29 is 9.90 Å². The lowest BCUT2D eigenvalue weighted by molar-refractivity contribution is 0.0997. The molecule has 15 heavy (non-hydrogen) atoms. The van der Waals surface area contributed by atoms with Crippen LogP contribution in [0.4, 0.5) is 0 Å². The van der Waals surface area contributed by atoms with Gasteiger partial charge in [-0.2, -0.15) is 0 Å². The van der Waals surface area contributed by atoms with Gasteiger partial charge in [-0.15, -0.1) is 0 Å². The smallest absolute Gasteiger partial charge is 0.263 e. The molecule has 0 aliphatic carbocycles. The van der Waals surface area contributed by atoms with E-state index in [2.05, 4.69) is 0 Å². The second-order valence-electron chi connectivity index (χ2n) is 3.24. The first-order valence-electron chi connectivity index (χ1n) is 4.73.